The summed E-state index contributed by atoms with van der Waals surface area (Å²) in [5, 5.41) is 2.72. The van der Waals surface area contributed by atoms with Gasteiger partial charge in [-0.3, -0.25) is 0 Å². The number of aromatic nitrogens is 1. The molecule has 7 heteroatoms. The molecule has 17 heavy (non-hydrogen) atoms. The van der Waals surface area contributed by atoms with Crippen molar-refractivity contribution in [3.8, 4) is 0 Å². The molecule has 0 radical (unpaired) electrons. The first kappa shape index (κ1) is 12.9. The van der Waals surface area contributed by atoms with Crippen LogP contribution in [0, 0.1) is 0 Å². The highest BCUT2D eigenvalue weighted by atomic mass is 32.2. The van der Waals surface area contributed by atoms with E-state index >= 15 is 0 Å². The van der Waals surface area contributed by atoms with E-state index in [-0.39, 0.29) is 17.4 Å². The van der Waals surface area contributed by atoms with Gasteiger partial charge in [-0.05, 0) is 6.42 Å². The minimum absolute atomic E-state index is 0.0353. The molecular weight excluding hydrogens is 262 g/mol. The minimum Gasteiger partial charge on any atom is -0.350 e. The predicted octanol–water partition coefficient (Wildman–Crippen LogP) is 1.34. The molecule has 96 valence electrons. The molecule has 0 saturated carbocycles. The Morgan fingerprint density at radius 1 is 1.47 bits per heavy atom. The normalized spacial score (nSPS) is 23.4. The molecule has 1 unspecified atom stereocenters. The van der Waals surface area contributed by atoms with Crippen LogP contribution in [0.15, 0.2) is 5.38 Å². The monoisotopic (exact) mass is 277 g/mol. The maximum Gasteiger partial charge on any atom is 0.201 e. The van der Waals surface area contributed by atoms with Crippen LogP contribution in [0.4, 0.5) is 0 Å². The van der Waals surface area contributed by atoms with Crippen molar-refractivity contribution in [2.75, 3.05) is 25.7 Å². The summed E-state index contributed by atoms with van der Waals surface area (Å²) in [6.45, 7) is 0. The second kappa shape index (κ2) is 5.01. The van der Waals surface area contributed by atoms with Crippen LogP contribution >= 0.6 is 11.3 Å². The first-order chi connectivity index (χ1) is 8.05. The smallest absolute Gasteiger partial charge is 0.201 e. The molecule has 0 bridgehead atoms. The Bertz CT molecular complexity index is 478. The number of hydrogen-bond acceptors (Lipinski definition) is 6. The molecule has 2 rings (SSSR count). The van der Waals surface area contributed by atoms with Crippen LogP contribution in [-0.4, -0.2) is 39.1 Å². The van der Waals surface area contributed by atoms with Gasteiger partial charge in [0.1, 0.15) is 5.69 Å². The molecule has 0 aromatic carbocycles. The minimum atomic E-state index is -2.86. The van der Waals surface area contributed by atoms with Crippen molar-refractivity contribution >= 4 is 21.2 Å². The molecular formula is C10H15NO4S2. The second-order valence-corrected chi connectivity index (χ2v) is 7.13. The summed E-state index contributed by atoms with van der Waals surface area (Å²) in [6.07, 6.45) is 0.193. The second-order valence-electron chi connectivity index (χ2n) is 4.01. The van der Waals surface area contributed by atoms with Gasteiger partial charge in [-0.2, -0.15) is 0 Å². The van der Waals surface area contributed by atoms with E-state index < -0.39 is 16.1 Å². The average molecular weight is 277 g/mol. The number of thiazole rings is 1. The van der Waals surface area contributed by atoms with Gasteiger partial charge in [0.05, 0.1) is 16.5 Å². The number of hydrogen-bond donors (Lipinski definition) is 0. The van der Waals surface area contributed by atoms with E-state index in [9.17, 15) is 8.42 Å². The van der Waals surface area contributed by atoms with Crippen molar-refractivity contribution in [2.45, 2.75) is 18.6 Å². The quantitative estimate of drug-likeness (QED) is 0.777. The number of sulfone groups is 1. The highest BCUT2D eigenvalue weighted by Gasteiger charge is 2.31. The summed E-state index contributed by atoms with van der Waals surface area (Å²) in [5.74, 6) is 0.517. The molecule has 0 N–H and O–H groups in total. The highest BCUT2D eigenvalue weighted by molar-refractivity contribution is 7.91. The number of nitrogens with zero attached hydrogens (tertiary/aromatic N) is 1. The summed E-state index contributed by atoms with van der Waals surface area (Å²) in [4.78, 5) is 4.40. The largest absolute Gasteiger partial charge is 0.350 e. The van der Waals surface area contributed by atoms with Gasteiger partial charge in [0.2, 0.25) is 6.29 Å². The van der Waals surface area contributed by atoms with Crippen molar-refractivity contribution in [1.29, 1.82) is 0 Å². The predicted molar refractivity (Wildman–Crippen MR) is 64.9 cm³/mol. The Balaban J connectivity index is 2.14. The van der Waals surface area contributed by atoms with E-state index in [1.807, 2.05) is 5.38 Å². The molecule has 1 atom stereocenters. The molecule has 0 spiro atoms. The maximum atomic E-state index is 11.4. The van der Waals surface area contributed by atoms with Gasteiger partial charge in [-0.25, -0.2) is 13.4 Å². The highest BCUT2D eigenvalue weighted by Crippen LogP contribution is 2.32. The molecule has 1 saturated heterocycles. The fourth-order valence-electron chi connectivity index (χ4n) is 1.92. The van der Waals surface area contributed by atoms with Crippen molar-refractivity contribution in [3.63, 3.8) is 0 Å². The van der Waals surface area contributed by atoms with Crippen molar-refractivity contribution < 1.29 is 17.9 Å². The molecule has 1 aliphatic rings. The zero-order chi connectivity index (χ0) is 12.5. The summed E-state index contributed by atoms with van der Waals surface area (Å²) >= 11 is 1.47. The lowest BCUT2D eigenvalue weighted by atomic mass is 10.1. The van der Waals surface area contributed by atoms with Crippen LogP contribution in [0.1, 0.15) is 29.3 Å². The van der Waals surface area contributed by atoms with Crippen LogP contribution in [0.3, 0.4) is 0 Å². The summed E-state index contributed by atoms with van der Waals surface area (Å²) < 4.78 is 33.0. The van der Waals surface area contributed by atoms with E-state index in [2.05, 4.69) is 4.98 Å². The molecule has 1 fully saturated rings. The van der Waals surface area contributed by atoms with E-state index in [0.717, 1.165) is 5.01 Å². The van der Waals surface area contributed by atoms with Crippen LogP contribution in [-0.2, 0) is 19.3 Å². The van der Waals surface area contributed by atoms with Crippen molar-refractivity contribution in [3.05, 3.63) is 16.1 Å². The fourth-order valence-corrected chi connectivity index (χ4v) is 4.73. The Morgan fingerprint density at radius 3 is 2.71 bits per heavy atom. The zero-order valence-corrected chi connectivity index (χ0v) is 11.4. The first-order valence-electron chi connectivity index (χ1n) is 5.27. The van der Waals surface area contributed by atoms with Gasteiger partial charge in [-0.1, -0.05) is 0 Å². The molecule has 0 aliphatic carbocycles. The fraction of sp³-hybridized carbons (Fsp3) is 0.700. The van der Waals surface area contributed by atoms with Gasteiger partial charge >= 0.3 is 0 Å². The van der Waals surface area contributed by atoms with E-state index in [1.54, 1.807) is 14.2 Å². The Hall–Kier alpha value is -0.500. The zero-order valence-electron chi connectivity index (χ0n) is 9.75. The van der Waals surface area contributed by atoms with Crippen molar-refractivity contribution in [2.24, 2.45) is 0 Å². The third-order valence-corrected chi connectivity index (χ3v) is 5.58. The van der Waals surface area contributed by atoms with Crippen LogP contribution in [0.25, 0.3) is 0 Å². The SMILES string of the molecule is COC(OC)c1csc(C2CCS(=O)(=O)C2)n1. The lowest BCUT2D eigenvalue weighted by Gasteiger charge is -2.09. The summed E-state index contributed by atoms with van der Waals surface area (Å²) in [6, 6.07) is 0. The van der Waals surface area contributed by atoms with Gasteiger partial charge in [0, 0.05) is 25.5 Å². The Morgan fingerprint density at radius 2 is 2.18 bits per heavy atom. The first-order valence-corrected chi connectivity index (χ1v) is 7.97. The molecule has 1 aromatic heterocycles. The standard InChI is InChI=1S/C10H15NO4S2/c1-14-10(15-2)8-5-16-9(11-8)7-3-4-17(12,13)6-7/h5,7,10H,3-4,6H2,1-2H3. The summed E-state index contributed by atoms with van der Waals surface area (Å²) in [5.41, 5.74) is 0.708. The third kappa shape index (κ3) is 2.85. The van der Waals surface area contributed by atoms with Gasteiger partial charge in [0.25, 0.3) is 0 Å². The number of rotatable bonds is 4. The molecule has 5 nitrogen and oxygen atoms in total. The maximum absolute atomic E-state index is 11.4. The lowest BCUT2D eigenvalue weighted by molar-refractivity contribution is -0.108. The van der Waals surface area contributed by atoms with E-state index in [4.69, 9.17) is 9.47 Å². The van der Waals surface area contributed by atoms with Crippen LogP contribution in [0.2, 0.25) is 0 Å². The molecule has 2 heterocycles. The van der Waals surface area contributed by atoms with Gasteiger partial charge < -0.3 is 9.47 Å². The van der Waals surface area contributed by atoms with E-state index in [0.29, 0.717) is 12.1 Å². The number of ether oxygens (including phenoxy) is 2. The Labute approximate surface area is 105 Å². The average Bonchev–Trinajstić information content (AvgIpc) is 2.87. The van der Waals surface area contributed by atoms with Crippen LogP contribution in [0.5, 0.6) is 0 Å². The van der Waals surface area contributed by atoms with Crippen LogP contribution < -0.4 is 0 Å². The molecule has 1 aromatic rings. The lowest BCUT2D eigenvalue weighted by Crippen LogP contribution is -2.06. The van der Waals surface area contributed by atoms with Crippen molar-refractivity contribution in [1.82, 2.24) is 4.98 Å². The Kier molecular flexibility index (Phi) is 3.82. The molecule has 0 amide bonds. The number of methoxy groups -OCH3 is 2. The van der Waals surface area contributed by atoms with E-state index in [1.165, 1.54) is 11.3 Å². The topological polar surface area (TPSA) is 65.5 Å². The van der Waals surface area contributed by atoms with Gasteiger partial charge in [0.15, 0.2) is 9.84 Å². The molecule has 1 aliphatic heterocycles. The summed E-state index contributed by atoms with van der Waals surface area (Å²) in [7, 11) is 0.236. The third-order valence-electron chi connectivity index (χ3n) is 2.79. The van der Waals surface area contributed by atoms with Gasteiger partial charge in [-0.15, -0.1) is 11.3 Å².